The van der Waals surface area contributed by atoms with Gasteiger partial charge in [-0.2, -0.15) is 5.10 Å². The Morgan fingerprint density at radius 3 is 2.78 bits per heavy atom. The number of pyridine rings is 2. The van der Waals surface area contributed by atoms with Crippen LogP contribution in [0.3, 0.4) is 0 Å². The lowest BCUT2D eigenvalue weighted by Gasteiger charge is -2.09. The van der Waals surface area contributed by atoms with E-state index in [0.717, 1.165) is 44.2 Å². The molecule has 0 saturated heterocycles. The van der Waals surface area contributed by atoms with Crippen molar-refractivity contribution in [1.29, 1.82) is 0 Å². The summed E-state index contributed by atoms with van der Waals surface area (Å²) in [6, 6.07) is 9.94. The fourth-order valence-electron chi connectivity index (χ4n) is 4.23. The summed E-state index contributed by atoms with van der Waals surface area (Å²) in [7, 11) is 0. The van der Waals surface area contributed by atoms with Gasteiger partial charge in [-0.05, 0) is 31.4 Å². The highest BCUT2D eigenvalue weighted by molar-refractivity contribution is 6.03. The molecule has 8 nitrogen and oxygen atoms in total. The number of furan rings is 1. The molecule has 0 saturated carbocycles. The monoisotopic (exact) mass is 429 g/mol. The molecule has 4 aromatic heterocycles. The van der Waals surface area contributed by atoms with E-state index in [-0.39, 0.29) is 13.2 Å². The molecule has 5 aromatic rings. The SMILES string of the molecule is Cc1nn(CC(O)CO)c(C)c1-c1cnc(N)c2oc(-c3cccc4cnccc34)cc12. The van der Waals surface area contributed by atoms with Crippen molar-refractivity contribution in [2.45, 2.75) is 26.5 Å². The van der Waals surface area contributed by atoms with Gasteiger partial charge in [-0.3, -0.25) is 9.67 Å². The summed E-state index contributed by atoms with van der Waals surface area (Å²) in [5, 5.41) is 26.5. The van der Waals surface area contributed by atoms with Crippen LogP contribution in [0.15, 0.2) is 53.3 Å². The van der Waals surface area contributed by atoms with Crippen LogP contribution in [0.1, 0.15) is 11.4 Å². The first kappa shape index (κ1) is 20.2. The van der Waals surface area contributed by atoms with Gasteiger partial charge < -0.3 is 20.4 Å². The second-order valence-corrected chi connectivity index (χ2v) is 7.88. The van der Waals surface area contributed by atoms with Crippen LogP contribution in [0, 0.1) is 13.8 Å². The third kappa shape index (κ3) is 3.21. The maximum atomic E-state index is 9.87. The lowest BCUT2D eigenvalue weighted by Crippen LogP contribution is -2.21. The molecule has 0 aliphatic carbocycles. The van der Waals surface area contributed by atoms with Crippen LogP contribution in [0.5, 0.6) is 0 Å². The van der Waals surface area contributed by atoms with Crippen molar-refractivity contribution in [3.8, 4) is 22.5 Å². The Morgan fingerprint density at radius 2 is 1.97 bits per heavy atom. The van der Waals surface area contributed by atoms with Gasteiger partial charge in [0.1, 0.15) is 5.76 Å². The lowest BCUT2D eigenvalue weighted by atomic mass is 10.0. The molecule has 0 radical (unpaired) electrons. The van der Waals surface area contributed by atoms with Crippen LogP contribution in [0.25, 0.3) is 44.2 Å². The van der Waals surface area contributed by atoms with Crippen molar-refractivity contribution in [1.82, 2.24) is 19.7 Å². The van der Waals surface area contributed by atoms with Crippen LogP contribution < -0.4 is 5.73 Å². The van der Waals surface area contributed by atoms with Gasteiger partial charge in [-0.25, -0.2) is 4.98 Å². The van der Waals surface area contributed by atoms with Crippen molar-refractivity contribution in [3.63, 3.8) is 0 Å². The van der Waals surface area contributed by atoms with Crippen molar-refractivity contribution >= 4 is 27.6 Å². The highest BCUT2D eigenvalue weighted by Crippen LogP contribution is 2.40. The highest BCUT2D eigenvalue weighted by Gasteiger charge is 2.21. The molecule has 0 amide bonds. The summed E-state index contributed by atoms with van der Waals surface area (Å²) in [4.78, 5) is 8.57. The Balaban J connectivity index is 1.71. The van der Waals surface area contributed by atoms with E-state index in [9.17, 15) is 10.2 Å². The van der Waals surface area contributed by atoms with Gasteiger partial charge in [0.15, 0.2) is 11.4 Å². The van der Waals surface area contributed by atoms with Gasteiger partial charge in [-0.15, -0.1) is 0 Å². The third-order valence-electron chi connectivity index (χ3n) is 5.78. The Hall–Kier alpha value is -3.75. The summed E-state index contributed by atoms with van der Waals surface area (Å²) >= 11 is 0. The number of aromatic nitrogens is 4. The number of fused-ring (bicyclic) bond motifs is 2. The number of rotatable bonds is 5. The molecule has 4 heterocycles. The summed E-state index contributed by atoms with van der Waals surface area (Å²) < 4.78 is 7.92. The fourth-order valence-corrected chi connectivity index (χ4v) is 4.23. The van der Waals surface area contributed by atoms with Crippen LogP contribution in [-0.2, 0) is 6.54 Å². The van der Waals surface area contributed by atoms with Crippen molar-refractivity contribution in [2.75, 3.05) is 12.3 Å². The number of hydrogen-bond acceptors (Lipinski definition) is 7. The maximum Gasteiger partial charge on any atom is 0.177 e. The quantitative estimate of drug-likeness (QED) is 0.391. The molecular weight excluding hydrogens is 406 g/mol. The highest BCUT2D eigenvalue weighted by atomic mass is 16.3. The molecule has 0 aliphatic rings. The molecule has 162 valence electrons. The smallest absolute Gasteiger partial charge is 0.177 e. The van der Waals surface area contributed by atoms with Gasteiger partial charge in [0.2, 0.25) is 0 Å². The molecule has 0 bridgehead atoms. The van der Waals surface area contributed by atoms with E-state index < -0.39 is 6.10 Å². The molecule has 5 rings (SSSR count). The van der Waals surface area contributed by atoms with E-state index in [1.165, 1.54) is 0 Å². The van der Waals surface area contributed by atoms with E-state index in [1.807, 2.05) is 50.4 Å². The Morgan fingerprint density at radius 1 is 1.12 bits per heavy atom. The van der Waals surface area contributed by atoms with E-state index in [2.05, 4.69) is 15.1 Å². The van der Waals surface area contributed by atoms with Gasteiger partial charge >= 0.3 is 0 Å². The Labute approximate surface area is 184 Å². The summed E-state index contributed by atoms with van der Waals surface area (Å²) in [5.74, 6) is 1.01. The van der Waals surface area contributed by atoms with Crippen LogP contribution in [0.4, 0.5) is 5.82 Å². The first-order chi connectivity index (χ1) is 15.5. The summed E-state index contributed by atoms with van der Waals surface area (Å²) in [6.07, 6.45) is 4.43. The molecule has 8 heteroatoms. The van der Waals surface area contributed by atoms with Crippen molar-refractivity contribution < 1.29 is 14.6 Å². The van der Waals surface area contributed by atoms with Crippen molar-refractivity contribution in [2.24, 2.45) is 0 Å². The average Bonchev–Trinajstić information content (AvgIpc) is 3.36. The fraction of sp³-hybridized carbons (Fsp3) is 0.208. The number of aryl methyl sites for hydroxylation is 1. The number of hydrogen-bond donors (Lipinski definition) is 3. The van der Waals surface area contributed by atoms with Gasteiger partial charge in [-0.1, -0.05) is 18.2 Å². The molecule has 32 heavy (non-hydrogen) atoms. The first-order valence-electron chi connectivity index (χ1n) is 10.3. The Kier molecular flexibility index (Phi) is 4.88. The molecule has 1 unspecified atom stereocenters. The molecular formula is C24H23N5O3. The zero-order valence-electron chi connectivity index (χ0n) is 17.8. The Bertz CT molecular complexity index is 1450. The average molecular weight is 429 g/mol. The predicted octanol–water partition coefficient (Wildman–Crippen LogP) is 3.46. The standard InChI is InChI=1S/C24H23N5O3/c1-13-22(14(2)29(28-13)11-16(31)12-30)20-10-27-24(25)23-19(20)8-21(32-23)18-5-3-4-15-9-26-7-6-17(15)18/h3-10,16,30-31H,11-12H2,1-2H3,(H2,25,27). The van der Waals surface area contributed by atoms with Crippen LogP contribution in [0.2, 0.25) is 0 Å². The summed E-state index contributed by atoms with van der Waals surface area (Å²) in [6.45, 7) is 3.72. The third-order valence-corrected chi connectivity index (χ3v) is 5.78. The molecule has 0 aliphatic heterocycles. The second kappa shape index (κ2) is 7.74. The molecule has 1 atom stereocenters. The number of anilines is 1. The minimum absolute atomic E-state index is 0.204. The number of nitrogen functional groups attached to an aromatic ring is 1. The second-order valence-electron chi connectivity index (χ2n) is 7.88. The normalized spacial score (nSPS) is 12.6. The number of aliphatic hydroxyl groups is 2. The molecule has 0 fully saturated rings. The van der Waals surface area contributed by atoms with Gasteiger partial charge in [0, 0.05) is 51.7 Å². The van der Waals surface area contributed by atoms with E-state index in [0.29, 0.717) is 17.2 Å². The van der Waals surface area contributed by atoms with Crippen LogP contribution in [-0.4, -0.2) is 42.7 Å². The van der Waals surface area contributed by atoms with Gasteiger partial charge in [0.25, 0.3) is 0 Å². The number of aliphatic hydroxyl groups excluding tert-OH is 2. The number of nitrogens with two attached hydrogens (primary N) is 1. The molecule has 4 N–H and O–H groups in total. The minimum Gasteiger partial charge on any atom is -0.452 e. The first-order valence-corrected chi connectivity index (χ1v) is 10.3. The topological polar surface area (TPSA) is 123 Å². The predicted molar refractivity (Wildman–Crippen MR) is 123 cm³/mol. The largest absolute Gasteiger partial charge is 0.452 e. The lowest BCUT2D eigenvalue weighted by molar-refractivity contribution is 0.0777. The van der Waals surface area contributed by atoms with Crippen LogP contribution >= 0.6 is 0 Å². The van der Waals surface area contributed by atoms with Gasteiger partial charge in [0.05, 0.1) is 24.9 Å². The zero-order chi connectivity index (χ0) is 22.4. The van der Waals surface area contributed by atoms with E-state index >= 15 is 0 Å². The zero-order valence-corrected chi connectivity index (χ0v) is 17.8. The van der Waals surface area contributed by atoms with E-state index in [1.54, 1.807) is 17.1 Å². The molecule has 0 spiro atoms. The maximum absolute atomic E-state index is 9.87. The van der Waals surface area contributed by atoms with E-state index in [4.69, 9.17) is 10.2 Å². The minimum atomic E-state index is -0.883. The number of benzene rings is 1. The number of nitrogens with zero attached hydrogens (tertiary/aromatic N) is 4. The summed E-state index contributed by atoms with van der Waals surface area (Å²) in [5.41, 5.74) is 11.1. The molecule has 1 aromatic carbocycles. The van der Waals surface area contributed by atoms with Crippen molar-refractivity contribution in [3.05, 3.63) is 60.3 Å².